The Hall–Kier alpha value is -2.42. The second-order valence-corrected chi connectivity index (χ2v) is 4.80. The summed E-state index contributed by atoms with van der Waals surface area (Å²) < 4.78 is 0. The molecular weight excluding hydrogens is 304 g/mol. The van der Waals surface area contributed by atoms with E-state index in [2.05, 4.69) is 22.5 Å². The van der Waals surface area contributed by atoms with Crippen LogP contribution in [0.1, 0.15) is 26.2 Å². The molecule has 0 aliphatic heterocycles. The Morgan fingerprint density at radius 3 is 2.35 bits per heavy atom. The van der Waals surface area contributed by atoms with Gasteiger partial charge in [-0.2, -0.15) is 0 Å². The Kier molecular flexibility index (Phi) is 10.0. The van der Waals surface area contributed by atoms with Crippen molar-refractivity contribution in [2.24, 2.45) is 5.73 Å². The van der Waals surface area contributed by atoms with Crippen LogP contribution in [-0.2, 0) is 19.2 Å². The van der Waals surface area contributed by atoms with E-state index in [0.717, 1.165) is 6.08 Å². The van der Waals surface area contributed by atoms with Crippen LogP contribution in [-0.4, -0.2) is 54.0 Å². The molecule has 0 aromatic heterocycles. The number of aliphatic carboxylic acids is 1. The van der Waals surface area contributed by atoms with Crippen molar-refractivity contribution in [2.45, 2.75) is 38.3 Å². The Morgan fingerprint density at radius 1 is 1.22 bits per heavy atom. The van der Waals surface area contributed by atoms with Gasteiger partial charge < -0.3 is 26.8 Å². The first-order valence-electron chi connectivity index (χ1n) is 7.27. The molecule has 0 aromatic rings. The van der Waals surface area contributed by atoms with Crippen molar-refractivity contribution in [3.8, 4) is 0 Å². The summed E-state index contributed by atoms with van der Waals surface area (Å²) in [5, 5.41) is 16.2. The summed E-state index contributed by atoms with van der Waals surface area (Å²) in [7, 11) is 0. The summed E-state index contributed by atoms with van der Waals surface area (Å²) in [6, 6.07) is -1.83. The van der Waals surface area contributed by atoms with E-state index in [1.165, 1.54) is 0 Å². The summed E-state index contributed by atoms with van der Waals surface area (Å²) >= 11 is 0. The van der Waals surface area contributed by atoms with E-state index >= 15 is 0 Å². The predicted molar refractivity (Wildman–Crippen MR) is 83.3 cm³/mol. The van der Waals surface area contributed by atoms with E-state index in [0.29, 0.717) is 6.42 Å². The lowest BCUT2D eigenvalue weighted by Crippen LogP contribution is -2.48. The van der Waals surface area contributed by atoms with Crippen molar-refractivity contribution in [1.29, 1.82) is 0 Å². The van der Waals surface area contributed by atoms with Crippen LogP contribution in [0.3, 0.4) is 0 Å². The van der Waals surface area contributed by atoms with Gasteiger partial charge in [-0.3, -0.25) is 19.2 Å². The van der Waals surface area contributed by atoms with Gasteiger partial charge in [-0.05, 0) is 18.9 Å². The Morgan fingerprint density at radius 2 is 1.83 bits per heavy atom. The number of nitrogens with two attached hydrogens (primary N) is 1. The van der Waals surface area contributed by atoms with Gasteiger partial charge in [-0.25, -0.2) is 0 Å². The van der Waals surface area contributed by atoms with Gasteiger partial charge in [0.1, 0.15) is 12.1 Å². The third-order valence-electron chi connectivity index (χ3n) is 2.97. The first kappa shape index (κ1) is 20.6. The fourth-order valence-corrected chi connectivity index (χ4v) is 1.60. The first-order chi connectivity index (χ1) is 10.8. The monoisotopic (exact) mass is 328 g/mol. The highest BCUT2D eigenvalue weighted by molar-refractivity contribution is 5.88. The largest absolute Gasteiger partial charge is 0.480 e. The quantitative estimate of drug-likeness (QED) is 0.230. The molecule has 0 heterocycles. The molecule has 2 unspecified atom stereocenters. The van der Waals surface area contributed by atoms with Gasteiger partial charge in [0.05, 0.1) is 0 Å². The SMILES string of the molecule is C=CC(=O)NCCNC(=O)C(CC)NC(=O)CCC(N)C(=O)O. The molecule has 130 valence electrons. The minimum absolute atomic E-state index is 0.00714. The van der Waals surface area contributed by atoms with E-state index in [4.69, 9.17) is 10.8 Å². The maximum atomic E-state index is 11.9. The maximum Gasteiger partial charge on any atom is 0.320 e. The lowest BCUT2D eigenvalue weighted by molar-refractivity contribution is -0.139. The highest BCUT2D eigenvalue weighted by atomic mass is 16.4. The van der Waals surface area contributed by atoms with Crippen LogP contribution < -0.4 is 21.7 Å². The van der Waals surface area contributed by atoms with Crippen molar-refractivity contribution < 1.29 is 24.3 Å². The molecule has 0 fully saturated rings. The highest BCUT2D eigenvalue weighted by Crippen LogP contribution is 1.98. The Labute approximate surface area is 134 Å². The second-order valence-electron chi connectivity index (χ2n) is 4.80. The van der Waals surface area contributed by atoms with Crippen LogP contribution in [0.5, 0.6) is 0 Å². The van der Waals surface area contributed by atoms with Crippen molar-refractivity contribution in [2.75, 3.05) is 13.1 Å². The van der Waals surface area contributed by atoms with E-state index in [-0.39, 0.29) is 37.7 Å². The molecule has 9 nitrogen and oxygen atoms in total. The van der Waals surface area contributed by atoms with Crippen LogP contribution in [0.25, 0.3) is 0 Å². The van der Waals surface area contributed by atoms with Crippen molar-refractivity contribution in [3.63, 3.8) is 0 Å². The van der Waals surface area contributed by atoms with Gasteiger partial charge in [-0.1, -0.05) is 13.5 Å². The molecule has 0 aliphatic carbocycles. The number of rotatable bonds is 11. The topological polar surface area (TPSA) is 151 Å². The third kappa shape index (κ3) is 9.25. The maximum absolute atomic E-state index is 11.9. The zero-order valence-corrected chi connectivity index (χ0v) is 13.1. The number of carboxylic acids is 1. The van der Waals surface area contributed by atoms with Crippen LogP contribution >= 0.6 is 0 Å². The molecule has 0 spiro atoms. The van der Waals surface area contributed by atoms with E-state index in [1.54, 1.807) is 6.92 Å². The second kappa shape index (κ2) is 11.2. The lowest BCUT2D eigenvalue weighted by Gasteiger charge is -2.17. The molecular formula is C14H24N4O5. The molecule has 0 rings (SSSR count). The third-order valence-corrected chi connectivity index (χ3v) is 2.97. The van der Waals surface area contributed by atoms with Crippen LogP contribution in [0.2, 0.25) is 0 Å². The van der Waals surface area contributed by atoms with Gasteiger partial charge in [0.2, 0.25) is 17.7 Å². The zero-order valence-electron chi connectivity index (χ0n) is 13.1. The lowest BCUT2D eigenvalue weighted by atomic mass is 10.1. The molecule has 0 bridgehead atoms. The van der Waals surface area contributed by atoms with E-state index in [1.807, 2.05) is 0 Å². The van der Waals surface area contributed by atoms with Crippen LogP contribution in [0, 0.1) is 0 Å². The smallest absolute Gasteiger partial charge is 0.320 e. The molecule has 6 N–H and O–H groups in total. The van der Waals surface area contributed by atoms with Gasteiger partial charge in [0, 0.05) is 19.5 Å². The van der Waals surface area contributed by atoms with Gasteiger partial charge in [-0.15, -0.1) is 0 Å². The standard InChI is InChI=1S/C14H24N4O5/c1-3-10(13(21)17-8-7-16-11(19)4-2)18-12(20)6-5-9(15)14(22)23/h4,9-10H,2-3,5-8,15H2,1H3,(H,16,19)(H,17,21)(H,18,20)(H,22,23). The molecule has 3 amide bonds. The van der Waals surface area contributed by atoms with E-state index < -0.39 is 24.0 Å². The summed E-state index contributed by atoms with van der Waals surface area (Å²) in [6.07, 6.45) is 1.42. The zero-order chi connectivity index (χ0) is 17.8. The van der Waals surface area contributed by atoms with Gasteiger partial charge in [0.15, 0.2) is 0 Å². The van der Waals surface area contributed by atoms with Crippen molar-refractivity contribution in [1.82, 2.24) is 16.0 Å². The average molecular weight is 328 g/mol. The Balaban J connectivity index is 4.13. The molecule has 2 atom stereocenters. The number of carbonyl (C=O) groups is 4. The van der Waals surface area contributed by atoms with Crippen LogP contribution in [0.4, 0.5) is 0 Å². The highest BCUT2D eigenvalue weighted by Gasteiger charge is 2.19. The number of carboxylic acid groups (broad SMARTS) is 1. The molecule has 0 saturated heterocycles. The summed E-state index contributed by atoms with van der Waals surface area (Å²) in [6.45, 7) is 5.49. The fourth-order valence-electron chi connectivity index (χ4n) is 1.60. The summed E-state index contributed by atoms with van der Waals surface area (Å²) in [4.78, 5) is 45.1. The normalized spacial score (nSPS) is 12.6. The molecule has 9 heteroatoms. The Bertz CT molecular complexity index is 452. The fraction of sp³-hybridized carbons (Fsp3) is 0.571. The number of hydrogen-bond donors (Lipinski definition) is 5. The first-order valence-corrected chi connectivity index (χ1v) is 7.27. The number of hydrogen-bond acceptors (Lipinski definition) is 5. The summed E-state index contributed by atoms with van der Waals surface area (Å²) in [5.74, 6) is -2.33. The summed E-state index contributed by atoms with van der Waals surface area (Å²) in [5.41, 5.74) is 5.30. The minimum atomic E-state index is -1.18. The van der Waals surface area contributed by atoms with E-state index in [9.17, 15) is 19.2 Å². The molecule has 0 aromatic carbocycles. The molecule has 0 saturated carbocycles. The molecule has 0 aliphatic rings. The number of amides is 3. The molecule has 0 radical (unpaired) electrons. The van der Waals surface area contributed by atoms with Gasteiger partial charge in [0.25, 0.3) is 0 Å². The number of carbonyl (C=O) groups excluding carboxylic acids is 3. The van der Waals surface area contributed by atoms with Crippen molar-refractivity contribution >= 4 is 23.7 Å². The minimum Gasteiger partial charge on any atom is -0.480 e. The van der Waals surface area contributed by atoms with Gasteiger partial charge >= 0.3 is 5.97 Å². The van der Waals surface area contributed by atoms with Crippen LogP contribution in [0.15, 0.2) is 12.7 Å². The predicted octanol–water partition coefficient (Wildman–Crippen LogP) is -1.51. The van der Waals surface area contributed by atoms with Crippen molar-refractivity contribution in [3.05, 3.63) is 12.7 Å². The average Bonchev–Trinajstić information content (AvgIpc) is 2.53. The molecule has 23 heavy (non-hydrogen) atoms. The number of nitrogens with one attached hydrogen (secondary N) is 3.